The molecule has 4 rings (SSSR count). The van der Waals surface area contributed by atoms with Gasteiger partial charge in [-0.1, -0.05) is 31.4 Å². The van der Waals surface area contributed by atoms with Crippen LogP contribution >= 0.6 is 0 Å². The molecule has 1 aromatic carbocycles. The average molecular weight is 458 g/mol. The number of aliphatic hydroxyl groups excluding tert-OH is 2. The topological polar surface area (TPSA) is 107 Å². The SMILES string of the molecule is NC(=O)c1cccc(C2CC3CCC(C2)N3CCN(CC2CCCCC2)C(=O)[C@H](O)CO)c1. The van der Waals surface area contributed by atoms with Crippen molar-refractivity contribution in [1.82, 2.24) is 9.80 Å². The minimum atomic E-state index is -1.33. The molecule has 7 heteroatoms. The van der Waals surface area contributed by atoms with Gasteiger partial charge in [0.15, 0.2) is 6.10 Å². The Balaban J connectivity index is 1.38. The van der Waals surface area contributed by atoms with Crippen molar-refractivity contribution < 1.29 is 19.8 Å². The van der Waals surface area contributed by atoms with Crippen LogP contribution in [0.1, 0.15) is 79.6 Å². The smallest absolute Gasteiger partial charge is 0.253 e. The van der Waals surface area contributed by atoms with Crippen molar-refractivity contribution in [2.45, 2.75) is 81.9 Å². The van der Waals surface area contributed by atoms with Gasteiger partial charge in [0, 0.05) is 37.3 Å². The highest BCUT2D eigenvalue weighted by atomic mass is 16.3. The fourth-order valence-electron chi connectivity index (χ4n) is 6.36. The van der Waals surface area contributed by atoms with E-state index in [1.165, 1.54) is 24.8 Å². The molecule has 2 aliphatic heterocycles. The molecule has 3 fully saturated rings. The van der Waals surface area contributed by atoms with Gasteiger partial charge in [0.1, 0.15) is 0 Å². The monoisotopic (exact) mass is 457 g/mol. The van der Waals surface area contributed by atoms with Crippen LogP contribution in [0, 0.1) is 5.92 Å². The summed E-state index contributed by atoms with van der Waals surface area (Å²) in [6.07, 6.45) is 9.06. The van der Waals surface area contributed by atoms with Crippen molar-refractivity contribution in [2.24, 2.45) is 11.7 Å². The van der Waals surface area contributed by atoms with Gasteiger partial charge in [-0.2, -0.15) is 0 Å². The first kappa shape index (κ1) is 24.2. The van der Waals surface area contributed by atoms with Crippen molar-refractivity contribution in [3.63, 3.8) is 0 Å². The van der Waals surface area contributed by atoms with Crippen LogP contribution in [0.3, 0.4) is 0 Å². The molecule has 2 amide bonds. The number of benzene rings is 1. The Morgan fingerprint density at radius 2 is 1.79 bits per heavy atom. The van der Waals surface area contributed by atoms with E-state index in [4.69, 9.17) is 5.73 Å². The highest BCUT2D eigenvalue weighted by molar-refractivity contribution is 5.92. The summed E-state index contributed by atoms with van der Waals surface area (Å²) in [4.78, 5) is 28.7. The summed E-state index contributed by atoms with van der Waals surface area (Å²) in [6, 6.07) is 8.69. The van der Waals surface area contributed by atoms with Gasteiger partial charge in [-0.05, 0) is 68.1 Å². The zero-order valence-electron chi connectivity index (χ0n) is 19.6. The molecule has 0 aromatic heterocycles. The number of primary amides is 1. The normalized spacial score (nSPS) is 26.8. The molecule has 1 aromatic rings. The lowest BCUT2D eigenvalue weighted by molar-refractivity contribution is -0.143. The van der Waals surface area contributed by atoms with Crippen molar-refractivity contribution in [3.8, 4) is 0 Å². The molecule has 0 radical (unpaired) electrons. The zero-order chi connectivity index (χ0) is 23.4. The van der Waals surface area contributed by atoms with E-state index in [2.05, 4.69) is 11.0 Å². The molecular weight excluding hydrogens is 418 g/mol. The van der Waals surface area contributed by atoms with E-state index in [0.717, 1.165) is 45.1 Å². The third kappa shape index (κ3) is 5.76. The quantitative estimate of drug-likeness (QED) is 0.527. The van der Waals surface area contributed by atoms with Crippen molar-refractivity contribution in [3.05, 3.63) is 35.4 Å². The van der Waals surface area contributed by atoms with Gasteiger partial charge in [0.05, 0.1) is 6.61 Å². The Labute approximate surface area is 196 Å². The van der Waals surface area contributed by atoms with Crippen molar-refractivity contribution in [2.75, 3.05) is 26.2 Å². The van der Waals surface area contributed by atoms with Gasteiger partial charge in [0.2, 0.25) is 5.91 Å². The number of aliphatic hydroxyl groups is 2. The molecule has 2 heterocycles. The second-order valence-electron chi connectivity index (χ2n) is 10.3. The lowest BCUT2D eigenvalue weighted by Gasteiger charge is -2.40. The molecular formula is C26H39N3O4. The van der Waals surface area contributed by atoms with Gasteiger partial charge < -0.3 is 20.8 Å². The first-order valence-electron chi connectivity index (χ1n) is 12.7. The second-order valence-corrected chi connectivity index (χ2v) is 10.3. The highest BCUT2D eigenvalue weighted by Gasteiger charge is 2.41. The van der Waals surface area contributed by atoms with Crippen LogP contribution in [0.25, 0.3) is 0 Å². The molecule has 3 aliphatic rings. The third-order valence-electron chi connectivity index (χ3n) is 8.13. The number of nitrogens with zero attached hydrogens (tertiary/aromatic N) is 2. The average Bonchev–Trinajstić information content (AvgIpc) is 3.07. The molecule has 1 aliphatic carbocycles. The summed E-state index contributed by atoms with van der Waals surface area (Å²) in [6.45, 7) is 1.56. The maximum atomic E-state index is 12.8. The van der Waals surface area contributed by atoms with E-state index in [9.17, 15) is 19.8 Å². The Bertz CT molecular complexity index is 812. The second kappa shape index (κ2) is 11.0. The molecule has 182 valence electrons. The Morgan fingerprint density at radius 1 is 1.09 bits per heavy atom. The summed E-state index contributed by atoms with van der Waals surface area (Å²) in [5.74, 6) is 0.196. The Morgan fingerprint density at radius 3 is 2.42 bits per heavy atom. The van der Waals surface area contributed by atoms with E-state index in [0.29, 0.717) is 42.6 Å². The standard InChI is InChI=1S/C26H39N3O4/c27-25(32)20-8-4-7-19(13-20)21-14-22-9-10-23(15-21)29(22)12-11-28(26(33)24(31)17-30)16-18-5-2-1-3-6-18/h4,7-8,13,18,21-24,30-31H,1-3,5-6,9-12,14-17H2,(H2,27,32)/t21?,22?,23?,24-/m1/s1. The van der Waals surface area contributed by atoms with E-state index in [1.807, 2.05) is 12.1 Å². The predicted octanol–water partition coefficient (Wildman–Crippen LogP) is 2.26. The summed E-state index contributed by atoms with van der Waals surface area (Å²) in [5.41, 5.74) is 7.25. The van der Waals surface area contributed by atoms with E-state index >= 15 is 0 Å². The van der Waals surface area contributed by atoms with Crippen molar-refractivity contribution >= 4 is 11.8 Å². The van der Waals surface area contributed by atoms with E-state index < -0.39 is 12.7 Å². The minimum Gasteiger partial charge on any atom is -0.393 e. The number of rotatable bonds is 9. The number of carbonyl (C=O) groups excluding carboxylic acids is 2. The number of fused-ring (bicyclic) bond motifs is 2. The van der Waals surface area contributed by atoms with Crippen LogP contribution in [0.15, 0.2) is 24.3 Å². The van der Waals surface area contributed by atoms with Gasteiger partial charge in [-0.25, -0.2) is 0 Å². The molecule has 2 unspecified atom stereocenters. The van der Waals surface area contributed by atoms with Gasteiger partial charge in [0.25, 0.3) is 5.91 Å². The Hall–Kier alpha value is -1.96. The zero-order valence-corrected chi connectivity index (χ0v) is 19.6. The number of hydrogen-bond acceptors (Lipinski definition) is 5. The van der Waals surface area contributed by atoms with Crippen LogP contribution < -0.4 is 5.73 Å². The first-order chi connectivity index (χ1) is 16.0. The molecule has 4 N–H and O–H groups in total. The fraction of sp³-hybridized carbons (Fsp3) is 0.692. The number of hydrogen-bond donors (Lipinski definition) is 3. The largest absolute Gasteiger partial charge is 0.393 e. The number of amides is 2. The van der Waals surface area contributed by atoms with E-state index in [-0.39, 0.29) is 11.8 Å². The number of nitrogens with two attached hydrogens (primary N) is 1. The van der Waals surface area contributed by atoms with Gasteiger partial charge >= 0.3 is 0 Å². The van der Waals surface area contributed by atoms with Crippen LogP contribution in [0.5, 0.6) is 0 Å². The molecule has 33 heavy (non-hydrogen) atoms. The highest BCUT2D eigenvalue weighted by Crippen LogP contribution is 2.43. The maximum Gasteiger partial charge on any atom is 0.253 e. The number of carbonyl (C=O) groups is 2. The Kier molecular flexibility index (Phi) is 8.04. The molecule has 7 nitrogen and oxygen atoms in total. The van der Waals surface area contributed by atoms with Crippen LogP contribution in [-0.2, 0) is 4.79 Å². The molecule has 2 saturated heterocycles. The fourth-order valence-corrected chi connectivity index (χ4v) is 6.36. The summed E-state index contributed by atoms with van der Waals surface area (Å²) < 4.78 is 0. The van der Waals surface area contributed by atoms with Gasteiger partial charge in [-0.3, -0.25) is 14.5 Å². The molecule has 3 atom stereocenters. The van der Waals surface area contributed by atoms with Crippen LogP contribution in [0.4, 0.5) is 0 Å². The first-order valence-corrected chi connectivity index (χ1v) is 12.7. The van der Waals surface area contributed by atoms with Crippen molar-refractivity contribution in [1.29, 1.82) is 0 Å². The predicted molar refractivity (Wildman–Crippen MR) is 127 cm³/mol. The van der Waals surface area contributed by atoms with Crippen LogP contribution in [-0.4, -0.2) is 76.3 Å². The lowest BCUT2D eigenvalue weighted by atomic mass is 9.84. The molecule has 1 saturated carbocycles. The third-order valence-corrected chi connectivity index (χ3v) is 8.13. The molecule has 0 spiro atoms. The minimum absolute atomic E-state index is 0.339. The van der Waals surface area contributed by atoms with Crippen LogP contribution in [0.2, 0.25) is 0 Å². The summed E-state index contributed by atoms with van der Waals surface area (Å²) in [5, 5.41) is 19.3. The molecule has 2 bridgehead atoms. The number of piperidine rings is 1. The summed E-state index contributed by atoms with van der Waals surface area (Å²) >= 11 is 0. The summed E-state index contributed by atoms with van der Waals surface area (Å²) in [7, 11) is 0. The van der Waals surface area contributed by atoms with E-state index in [1.54, 1.807) is 11.0 Å². The maximum absolute atomic E-state index is 12.8. The lowest BCUT2D eigenvalue weighted by Crippen LogP contribution is -2.50. The van der Waals surface area contributed by atoms with Gasteiger partial charge in [-0.15, -0.1) is 0 Å².